The van der Waals surface area contributed by atoms with Gasteiger partial charge in [0.25, 0.3) is 0 Å². The van der Waals surface area contributed by atoms with Gasteiger partial charge in [-0.2, -0.15) is 0 Å². The number of carbonyl (C=O) groups is 2. The van der Waals surface area contributed by atoms with Gasteiger partial charge in [0.15, 0.2) is 0 Å². The molecule has 10 heteroatoms. The Morgan fingerprint density at radius 3 is 2.53 bits per heavy atom. The van der Waals surface area contributed by atoms with E-state index in [4.69, 9.17) is 14.2 Å². The first-order chi connectivity index (χ1) is 17.2. The normalized spacial score (nSPS) is 14.5. The van der Waals surface area contributed by atoms with Crippen molar-refractivity contribution in [3.05, 3.63) is 36.2 Å². The van der Waals surface area contributed by atoms with E-state index < -0.39 is 11.6 Å². The van der Waals surface area contributed by atoms with Crippen LogP contribution in [-0.4, -0.2) is 65.4 Å². The van der Waals surface area contributed by atoms with Crippen LogP contribution < -0.4 is 10.1 Å². The van der Waals surface area contributed by atoms with Crippen LogP contribution in [0, 0.1) is 0 Å². The molecule has 3 aromatic heterocycles. The van der Waals surface area contributed by atoms with Crippen molar-refractivity contribution in [3.63, 3.8) is 0 Å². The Morgan fingerprint density at radius 1 is 1.17 bits per heavy atom. The number of hydrogen-bond acceptors (Lipinski definition) is 9. The van der Waals surface area contributed by atoms with Gasteiger partial charge in [-0.3, -0.25) is 0 Å². The SMILES string of the molecule is CCOC(=O)c1cnc2sc(-c3ccc(OC)nc3)cc2c1NC1CCN(C(=O)OC(C)(C)C)CC1. The van der Waals surface area contributed by atoms with Crippen LogP contribution in [0.15, 0.2) is 30.6 Å². The smallest absolute Gasteiger partial charge is 0.410 e. The molecule has 1 aliphatic heterocycles. The largest absolute Gasteiger partial charge is 0.481 e. The summed E-state index contributed by atoms with van der Waals surface area (Å²) in [7, 11) is 1.58. The lowest BCUT2D eigenvalue weighted by atomic mass is 10.0. The minimum absolute atomic E-state index is 0.0773. The number of carbonyl (C=O) groups excluding carboxylic acids is 2. The van der Waals surface area contributed by atoms with E-state index in [1.807, 2.05) is 39.0 Å². The van der Waals surface area contributed by atoms with Crippen LogP contribution in [0.5, 0.6) is 5.88 Å². The molecule has 1 amide bonds. The fraction of sp³-hybridized carbons (Fsp3) is 0.462. The average molecular weight is 513 g/mol. The van der Waals surface area contributed by atoms with Crippen LogP contribution in [0.25, 0.3) is 20.7 Å². The van der Waals surface area contributed by atoms with Gasteiger partial charge in [-0.1, -0.05) is 0 Å². The van der Waals surface area contributed by atoms with Crippen LogP contribution >= 0.6 is 11.3 Å². The summed E-state index contributed by atoms with van der Waals surface area (Å²) in [4.78, 5) is 37.6. The molecule has 0 bridgehead atoms. The van der Waals surface area contributed by atoms with Gasteiger partial charge in [0.2, 0.25) is 5.88 Å². The molecule has 0 atom stereocenters. The predicted molar refractivity (Wildman–Crippen MR) is 140 cm³/mol. The van der Waals surface area contributed by atoms with Crippen molar-refractivity contribution in [2.75, 3.05) is 32.1 Å². The third kappa shape index (κ3) is 5.87. The first-order valence-electron chi connectivity index (χ1n) is 12.0. The summed E-state index contributed by atoms with van der Waals surface area (Å²) in [6.45, 7) is 8.79. The third-order valence-electron chi connectivity index (χ3n) is 5.78. The number of aromatic nitrogens is 2. The maximum Gasteiger partial charge on any atom is 0.410 e. The van der Waals surface area contributed by atoms with Gasteiger partial charge in [0.1, 0.15) is 16.0 Å². The standard InChI is InChI=1S/C26H32N4O5S/c1-6-34-24(31)19-15-28-23-18(13-20(36-23)16-7-8-21(33-5)27-14-16)22(19)29-17-9-11-30(12-10-17)25(32)35-26(2,3)4/h7-8,13-15,17H,6,9-12H2,1-5H3,(H,28,29). The molecule has 1 fully saturated rings. The molecule has 0 spiro atoms. The van der Waals surface area contributed by atoms with Gasteiger partial charge in [0, 0.05) is 53.4 Å². The number of fused-ring (bicyclic) bond motifs is 1. The van der Waals surface area contributed by atoms with Crippen molar-refractivity contribution in [1.29, 1.82) is 0 Å². The fourth-order valence-electron chi connectivity index (χ4n) is 4.03. The predicted octanol–water partition coefficient (Wildman–Crippen LogP) is 5.36. The highest BCUT2D eigenvalue weighted by atomic mass is 32.1. The van der Waals surface area contributed by atoms with Crippen molar-refractivity contribution >= 4 is 39.3 Å². The first-order valence-corrected chi connectivity index (χ1v) is 12.8. The van der Waals surface area contributed by atoms with E-state index in [-0.39, 0.29) is 18.7 Å². The number of anilines is 1. The van der Waals surface area contributed by atoms with Crippen LogP contribution in [0.1, 0.15) is 50.9 Å². The minimum atomic E-state index is -0.528. The Bertz CT molecular complexity index is 1230. The van der Waals surface area contributed by atoms with E-state index in [1.54, 1.807) is 31.3 Å². The maximum absolute atomic E-state index is 12.8. The summed E-state index contributed by atoms with van der Waals surface area (Å²) in [5.41, 5.74) is 1.52. The Kier molecular flexibility index (Phi) is 7.63. The molecule has 0 aromatic carbocycles. The number of piperidine rings is 1. The highest BCUT2D eigenvalue weighted by molar-refractivity contribution is 7.22. The molecular formula is C26H32N4O5S. The van der Waals surface area contributed by atoms with Crippen molar-refractivity contribution in [3.8, 4) is 16.3 Å². The van der Waals surface area contributed by atoms with Crippen LogP contribution in [0.2, 0.25) is 0 Å². The number of nitrogens with one attached hydrogen (secondary N) is 1. The van der Waals surface area contributed by atoms with Gasteiger partial charge in [0.05, 0.1) is 19.4 Å². The van der Waals surface area contributed by atoms with E-state index >= 15 is 0 Å². The molecule has 0 aliphatic carbocycles. The maximum atomic E-state index is 12.8. The minimum Gasteiger partial charge on any atom is -0.481 e. The van der Waals surface area contributed by atoms with Gasteiger partial charge < -0.3 is 24.4 Å². The van der Waals surface area contributed by atoms with E-state index in [0.717, 1.165) is 33.5 Å². The highest BCUT2D eigenvalue weighted by Gasteiger charge is 2.28. The van der Waals surface area contributed by atoms with Crippen LogP contribution in [-0.2, 0) is 9.47 Å². The van der Waals surface area contributed by atoms with Crippen molar-refractivity contribution in [2.45, 2.75) is 52.2 Å². The molecule has 9 nitrogen and oxygen atoms in total. The van der Waals surface area contributed by atoms with E-state index in [0.29, 0.717) is 30.2 Å². The quantitative estimate of drug-likeness (QED) is 0.441. The number of thiophene rings is 1. The molecule has 4 heterocycles. The second kappa shape index (κ2) is 10.7. The second-order valence-corrected chi connectivity index (χ2v) is 10.6. The highest BCUT2D eigenvalue weighted by Crippen LogP contribution is 2.38. The summed E-state index contributed by atoms with van der Waals surface area (Å²) in [6, 6.07) is 5.86. The Hall–Kier alpha value is -3.40. The molecule has 3 aromatic rings. The number of ether oxygens (including phenoxy) is 3. The summed E-state index contributed by atoms with van der Waals surface area (Å²) in [6.07, 6.45) is 4.49. The summed E-state index contributed by atoms with van der Waals surface area (Å²) < 4.78 is 16.0. The fourth-order valence-corrected chi connectivity index (χ4v) is 5.03. The number of likely N-dealkylation sites (tertiary alicyclic amines) is 1. The molecular weight excluding hydrogens is 480 g/mol. The molecule has 0 radical (unpaired) electrons. The lowest BCUT2D eigenvalue weighted by Gasteiger charge is -2.34. The molecule has 1 saturated heterocycles. The molecule has 192 valence electrons. The number of rotatable bonds is 6. The van der Waals surface area contributed by atoms with Gasteiger partial charge >= 0.3 is 12.1 Å². The number of hydrogen-bond donors (Lipinski definition) is 1. The summed E-state index contributed by atoms with van der Waals surface area (Å²) in [5.74, 6) is 0.127. The lowest BCUT2D eigenvalue weighted by Crippen LogP contribution is -2.44. The third-order valence-corrected chi connectivity index (χ3v) is 6.87. The molecule has 1 N–H and O–H groups in total. The van der Waals surface area contributed by atoms with Crippen molar-refractivity contribution in [1.82, 2.24) is 14.9 Å². The molecule has 1 aliphatic rings. The number of pyridine rings is 2. The van der Waals surface area contributed by atoms with Gasteiger partial charge in [-0.15, -0.1) is 11.3 Å². The Labute approximate surface area is 214 Å². The number of esters is 1. The van der Waals surface area contributed by atoms with Gasteiger partial charge in [-0.05, 0) is 52.7 Å². The first kappa shape index (κ1) is 25.7. The topological polar surface area (TPSA) is 103 Å². The number of methoxy groups -OCH3 is 1. The zero-order valence-electron chi connectivity index (χ0n) is 21.3. The number of amides is 1. The monoisotopic (exact) mass is 512 g/mol. The van der Waals surface area contributed by atoms with Crippen molar-refractivity contribution < 1.29 is 23.8 Å². The van der Waals surface area contributed by atoms with Crippen LogP contribution in [0.3, 0.4) is 0 Å². The zero-order chi connectivity index (χ0) is 25.9. The molecule has 0 saturated carbocycles. The van der Waals surface area contributed by atoms with E-state index in [2.05, 4.69) is 15.3 Å². The van der Waals surface area contributed by atoms with E-state index in [1.165, 1.54) is 11.3 Å². The summed E-state index contributed by atoms with van der Waals surface area (Å²) >= 11 is 1.53. The second-order valence-electron chi connectivity index (χ2n) is 9.57. The Morgan fingerprint density at radius 2 is 1.92 bits per heavy atom. The molecule has 4 rings (SSSR count). The van der Waals surface area contributed by atoms with Crippen LogP contribution in [0.4, 0.5) is 10.5 Å². The lowest BCUT2D eigenvalue weighted by molar-refractivity contribution is 0.0210. The molecule has 36 heavy (non-hydrogen) atoms. The Balaban J connectivity index is 1.59. The van der Waals surface area contributed by atoms with E-state index in [9.17, 15) is 9.59 Å². The van der Waals surface area contributed by atoms with Crippen molar-refractivity contribution in [2.24, 2.45) is 0 Å². The van der Waals surface area contributed by atoms with Gasteiger partial charge in [-0.25, -0.2) is 19.6 Å². The average Bonchev–Trinajstić information content (AvgIpc) is 3.29. The number of nitrogens with zero attached hydrogens (tertiary/aromatic N) is 3. The zero-order valence-corrected chi connectivity index (χ0v) is 22.1. The molecule has 0 unspecified atom stereocenters. The summed E-state index contributed by atoms with van der Waals surface area (Å²) in [5, 5.41) is 4.43.